The molecule has 1 amide bonds. The Labute approximate surface area is 201 Å². The Bertz CT molecular complexity index is 1230. The molecule has 36 heavy (non-hydrogen) atoms. The predicted octanol–water partition coefficient (Wildman–Crippen LogP) is 4.03. The van der Waals surface area contributed by atoms with Crippen molar-refractivity contribution in [2.45, 2.75) is 31.5 Å². The van der Waals surface area contributed by atoms with Crippen LogP contribution in [0.3, 0.4) is 0 Å². The minimum absolute atomic E-state index is 0.0919. The highest BCUT2D eigenvalue weighted by molar-refractivity contribution is 5.98. The fourth-order valence-electron chi connectivity index (χ4n) is 4.15. The molecule has 1 saturated heterocycles. The maximum absolute atomic E-state index is 14.5. The smallest absolute Gasteiger partial charge is 0.352 e. The Morgan fingerprint density at radius 2 is 1.86 bits per heavy atom. The van der Waals surface area contributed by atoms with Crippen LogP contribution in [0, 0.1) is 11.7 Å². The van der Waals surface area contributed by atoms with Gasteiger partial charge in [0.05, 0.1) is 35.6 Å². The van der Waals surface area contributed by atoms with E-state index in [4.69, 9.17) is 0 Å². The number of piperidine rings is 1. The van der Waals surface area contributed by atoms with E-state index in [0.29, 0.717) is 12.4 Å². The lowest BCUT2D eigenvalue weighted by Gasteiger charge is -2.43. The zero-order valence-electron chi connectivity index (χ0n) is 19.1. The van der Waals surface area contributed by atoms with Gasteiger partial charge >= 0.3 is 6.18 Å². The summed E-state index contributed by atoms with van der Waals surface area (Å²) in [6, 6.07) is 1.72. The molecule has 1 N–H and O–H groups in total. The van der Waals surface area contributed by atoms with Crippen LogP contribution >= 0.6 is 0 Å². The number of halogens is 6. The molecular formula is C22H21F6N7O. The molecule has 1 aliphatic rings. The number of pyridine rings is 1. The highest BCUT2D eigenvalue weighted by Gasteiger charge is 2.47. The monoisotopic (exact) mass is 513 g/mol. The van der Waals surface area contributed by atoms with Gasteiger partial charge in [-0.15, -0.1) is 0 Å². The van der Waals surface area contributed by atoms with Crippen LogP contribution < -0.4 is 5.32 Å². The average Bonchev–Trinajstić information content (AvgIpc) is 3.19. The van der Waals surface area contributed by atoms with E-state index in [9.17, 15) is 31.1 Å². The summed E-state index contributed by atoms with van der Waals surface area (Å²) in [5.74, 6) is -5.37. The summed E-state index contributed by atoms with van der Waals surface area (Å²) in [5, 5.41) is 6.87. The van der Waals surface area contributed by atoms with Crippen molar-refractivity contribution in [3.63, 3.8) is 0 Å². The Kier molecular flexibility index (Phi) is 6.62. The number of likely N-dealkylation sites (tertiary alicyclic amines) is 1. The molecule has 0 spiro atoms. The van der Waals surface area contributed by atoms with Crippen molar-refractivity contribution in [3.05, 3.63) is 54.0 Å². The molecule has 2 atom stereocenters. The van der Waals surface area contributed by atoms with E-state index in [1.807, 2.05) is 0 Å². The van der Waals surface area contributed by atoms with Gasteiger partial charge in [0, 0.05) is 38.6 Å². The lowest BCUT2D eigenvalue weighted by atomic mass is 9.88. The summed E-state index contributed by atoms with van der Waals surface area (Å²) in [7, 11) is 1.54. The van der Waals surface area contributed by atoms with E-state index in [2.05, 4.69) is 25.4 Å². The second-order valence-corrected chi connectivity index (χ2v) is 8.64. The number of anilines is 1. The number of hydrogen-bond acceptors (Lipinski definition) is 6. The van der Waals surface area contributed by atoms with Crippen LogP contribution in [-0.4, -0.2) is 60.6 Å². The van der Waals surface area contributed by atoms with Crippen LogP contribution in [0.15, 0.2) is 36.9 Å². The van der Waals surface area contributed by atoms with E-state index in [-0.39, 0.29) is 29.4 Å². The Hall–Kier alpha value is -3.71. The molecular weight excluding hydrogens is 492 g/mol. The number of hydrogen-bond donors (Lipinski definition) is 1. The lowest BCUT2D eigenvalue weighted by molar-refractivity contribution is -0.138. The van der Waals surface area contributed by atoms with Gasteiger partial charge < -0.3 is 10.2 Å². The molecule has 3 aromatic rings. The van der Waals surface area contributed by atoms with Crippen molar-refractivity contribution >= 4 is 11.9 Å². The number of carbonyl (C=O) groups excluding carboxylic acids is 1. The molecule has 0 bridgehead atoms. The predicted molar refractivity (Wildman–Crippen MR) is 115 cm³/mol. The molecule has 1 fully saturated rings. The molecule has 192 valence electrons. The van der Waals surface area contributed by atoms with Crippen molar-refractivity contribution in [1.29, 1.82) is 0 Å². The largest absolute Gasteiger partial charge is 0.419 e. The molecule has 0 aliphatic carbocycles. The Morgan fingerprint density at radius 1 is 1.17 bits per heavy atom. The summed E-state index contributed by atoms with van der Waals surface area (Å²) < 4.78 is 81.9. The Morgan fingerprint density at radius 3 is 2.47 bits per heavy atom. The minimum atomic E-state index is -4.61. The lowest BCUT2D eigenvalue weighted by Crippen LogP contribution is -2.57. The SMILES string of the molecule is CC1CC(F)(F)CN(C(=O)c2nn(C)cc2-c2ccc(F)cn2)C1CNc1ncc(C(F)(F)F)cn1. The molecule has 14 heteroatoms. The molecule has 3 aromatic heterocycles. The molecule has 4 heterocycles. The number of carbonyl (C=O) groups is 1. The number of nitrogens with one attached hydrogen (secondary N) is 1. The van der Waals surface area contributed by atoms with Crippen LogP contribution in [0.5, 0.6) is 0 Å². The zero-order valence-corrected chi connectivity index (χ0v) is 19.1. The fraction of sp³-hybridized carbons (Fsp3) is 0.409. The van der Waals surface area contributed by atoms with E-state index in [0.717, 1.165) is 17.2 Å². The van der Waals surface area contributed by atoms with Crippen molar-refractivity contribution in [2.75, 3.05) is 18.4 Å². The first-order chi connectivity index (χ1) is 16.8. The van der Waals surface area contributed by atoms with Gasteiger partial charge in [0.1, 0.15) is 5.82 Å². The molecule has 2 unspecified atom stereocenters. The van der Waals surface area contributed by atoms with Crippen molar-refractivity contribution < 1.29 is 31.1 Å². The van der Waals surface area contributed by atoms with Gasteiger partial charge in [-0.2, -0.15) is 18.3 Å². The average molecular weight is 513 g/mol. The standard InChI is InChI=1S/C22H21F6N7O/c1-12-5-21(24,25)11-35(17(12)9-32-20-30-6-13(7-31-20)22(26,27)28)19(36)18-15(10-34(2)33-18)16-4-3-14(23)8-29-16/h3-4,6-8,10,12,17H,5,9,11H2,1-2H3,(H,30,31,32). The van der Waals surface area contributed by atoms with Crippen LogP contribution in [0.2, 0.25) is 0 Å². The second-order valence-electron chi connectivity index (χ2n) is 8.64. The number of nitrogens with zero attached hydrogens (tertiary/aromatic N) is 6. The molecule has 0 saturated carbocycles. The van der Waals surface area contributed by atoms with Gasteiger partial charge in [0.25, 0.3) is 11.8 Å². The fourth-order valence-corrected chi connectivity index (χ4v) is 4.15. The van der Waals surface area contributed by atoms with Gasteiger partial charge in [-0.25, -0.2) is 23.1 Å². The second kappa shape index (κ2) is 9.39. The number of rotatable bonds is 5. The third kappa shape index (κ3) is 5.41. The topological polar surface area (TPSA) is 88.8 Å². The van der Waals surface area contributed by atoms with Gasteiger partial charge in [0.15, 0.2) is 5.69 Å². The Balaban J connectivity index is 1.60. The van der Waals surface area contributed by atoms with Crippen molar-refractivity contribution in [3.8, 4) is 11.3 Å². The third-order valence-electron chi connectivity index (χ3n) is 5.82. The maximum Gasteiger partial charge on any atom is 0.419 e. The highest BCUT2D eigenvalue weighted by atomic mass is 19.4. The van der Waals surface area contributed by atoms with Gasteiger partial charge in [0.2, 0.25) is 5.95 Å². The van der Waals surface area contributed by atoms with E-state index < -0.39 is 54.3 Å². The molecule has 8 nitrogen and oxygen atoms in total. The first-order valence-corrected chi connectivity index (χ1v) is 10.8. The van der Waals surface area contributed by atoms with Crippen molar-refractivity contribution in [1.82, 2.24) is 29.6 Å². The number of aromatic nitrogens is 5. The quantitative estimate of drug-likeness (QED) is 0.519. The third-order valence-corrected chi connectivity index (χ3v) is 5.82. The van der Waals surface area contributed by atoms with E-state index in [1.165, 1.54) is 24.0 Å². The normalized spacial score (nSPS) is 19.8. The maximum atomic E-state index is 14.5. The number of alkyl halides is 5. The highest BCUT2D eigenvalue weighted by Crippen LogP contribution is 2.36. The van der Waals surface area contributed by atoms with Crippen LogP contribution in [-0.2, 0) is 13.2 Å². The summed E-state index contributed by atoms with van der Waals surface area (Å²) >= 11 is 0. The summed E-state index contributed by atoms with van der Waals surface area (Å²) in [4.78, 5) is 25.7. The minimum Gasteiger partial charge on any atom is -0.352 e. The molecule has 4 rings (SSSR count). The number of amides is 1. The first-order valence-electron chi connectivity index (χ1n) is 10.8. The van der Waals surface area contributed by atoms with Gasteiger partial charge in [-0.3, -0.25) is 14.5 Å². The molecule has 0 aromatic carbocycles. The van der Waals surface area contributed by atoms with Crippen LogP contribution in [0.4, 0.5) is 32.3 Å². The molecule has 1 aliphatic heterocycles. The van der Waals surface area contributed by atoms with Crippen molar-refractivity contribution in [2.24, 2.45) is 13.0 Å². The van der Waals surface area contributed by atoms with Crippen LogP contribution in [0.25, 0.3) is 11.3 Å². The molecule has 0 radical (unpaired) electrons. The number of aryl methyl sites for hydroxylation is 1. The summed E-state index contributed by atoms with van der Waals surface area (Å²) in [5.41, 5.74) is -0.704. The van der Waals surface area contributed by atoms with Gasteiger partial charge in [-0.05, 0) is 18.1 Å². The van der Waals surface area contributed by atoms with E-state index in [1.54, 1.807) is 6.92 Å². The van der Waals surface area contributed by atoms with Gasteiger partial charge in [-0.1, -0.05) is 6.92 Å². The van der Waals surface area contributed by atoms with E-state index >= 15 is 0 Å². The van der Waals surface area contributed by atoms with Crippen LogP contribution in [0.1, 0.15) is 29.4 Å². The zero-order chi connectivity index (χ0) is 26.3. The summed E-state index contributed by atoms with van der Waals surface area (Å²) in [6.07, 6.45) is -1.46. The first kappa shape index (κ1) is 25.4. The summed E-state index contributed by atoms with van der Waals surface area (Å²) in [6.45, 7) is 0.572.